The molecular formula is C15H24O4. The molecule has 0 saturated heterocycles. The zero-order valence-corrected chi connectivity index (χ0v) is 12.2. The van der Waals surface area contributed by atoms with E-state index in [-0.39, 0.29) is 29.6 Å². The van der Waals surface area contributed by atoms with Crippen LogP contribution in [0.4, 0.5) is 0 Å². The molecule has 0 radical (unpaired) electrons. The van der Waals surface area contributed by atoms with Crippen LogP contribution in [0.25, 0.3) is 0 Å². The van der Waals surface area contributed by atoms with Crippen molar-refractivity contribution < 1.29 is 19.4 Å². The van der Waals surface area contributed by atoms with Crippen LogP contribution in [0.2, 0.25) is 0 Å². The molecule has 4 heteroatoms. The Morgan fingerprint density at radius 3 is 2.58 bits per heavy atom. The van der Waals surface area contributed by atoms with Gasteiger partial charge in [-0.25, -0.2) is 4.79 Å². The molecule has 0 aromatic carbocycles. The van der Waals surface area contributed by atoms with Gasteiger partial charge in [0.2, 0.25) is 5.76 Å². The summed E-state index contributed by atoms with van der Waals surface area (Å²) in [6.07, 6.45) is 4.15. The average molecular weight is 268 g/mol. The maximum atomic E-state index is 12.3. The number of hydrogen-bond acceptors (Lipinski definition) is 4. The second-order valence-electron chi connectivity index (χ2n) is 5.99. The van der Waals surface area contributed by atoms with E-state index in [0.717, 1.165) is 25.3 Å². The standard InChI is InChI=1S/C15H24O4/c1-5-19-14(18)12(17)9-11(16)13-10(2)7-6-8-15(13,3)4/h9-10,13,17H,5-8H2,1-4H3. The van der Waals surface area contributed by atoms with Gasteiger partial charge >= 0.3 is 5.97 Å². The van der Waals surface area contributed by atoms with Crippen molar-refractivity contribution in [3.63, 3.8) is 0 Å². The highest BCUT2D eigenvalue weighted by atomic mass is 16.5. The van der Waals surface area contributed by atoms with Crippen molar-refractivity contribution in [2.75, 3.05) is 6.61 Å². The van der Waals surface area contributed by atoms with E-state index in [9.17, 15) is 14.7 Å². The Labute approximate surface area is 114 Å². The first-order chi connectivity index (χ1) is 8.79. The van der Waals surface area contributed by atoms with Gasteiger partial charge in [-0.15, -0.1) is 0 Å². The quantitative estimate of drug-likeness (QED) is 0.483. The fourth-order valence-electron chi connectivity index (χ4n) is 3.13. The summed E-state index contributed by atoms with van der Waals surface area (Å²) in [5, 5.41) is 9.57. The molecule has 1 aliphatic carbocycles. The Morgan fingerprint density at radius 1 is 1.42 bits per heavy atom. The van der Waals surface area contributed by atoms with E-state index in [2.05, 4.69) is 25.5 Å². The molecular weight excluding hydrogens is 244 g/mol. The largest absolute Gasteiger partial charge is 0.502 e. The molecule has 1 N–H and O–H groups in total. The van der Waals surface area contributed by atoms with Crippen molar-refractivity contribution in [3.8, 4) is 0 Å². The number of aliphatic hydroxyl groups is 1. The molecule has 2 unspecified atom stereocenters. The van der Waals surface area contributed by atoms with Crippen molar-refractivity contribution in [2.24, 2.45) is 17.3 Å². The second kappa shape index (κ2) is 6.22. The van der Waals surface area contributed by atoms with Gasteiger partial charge in [-0.1, -0.05) is 27.2 Å². The smallest absolute Gasteiger partial charge is 0.373 e. The van der Waals surface area contributed by atoms with E-state index in [0.29, 0.717) is 0 Å². The van der Waals surface area contributed by atoms with Gasteiger partial charge in [0.15, 0.2) is 5.78 Å². The zero-order valence-electron chi connectivity index (χ0n) is 12.2. The number of allylic oxidation sites excluding steroid dienone is 1. The molecule has 0 bridgehead atoms. The molecule has 0 amide bonds. The molecule has 1 aliphatic rings. The molecule has 1 fully saturated rings. The number of hydrogen-bond donors (Lipinski definition) is 1. The molecule has 0 heterocycles. The van der Waals surface area contributed by atoms with E-state index >= 15 is 0 Å². The van der Waals surface area contributed by atoms with E-state index in [1.807, 2.05) is 0 Å². The van der Waals surface area contributed by atoms with Gasteiger partial charge in [-0.2, -0.15) is 0 Å². The first-order valence-electron chi connectivity index (χ1n) is 6.91. The fraction of sp³-hybridized carbons (Fsp3) is 0.733. The van der Waals surface area contributed by atoms with Crippen LogP contribution in [0.5, 0.6) is 0 Å². The molecule has 4 nitrogen and oxygen atoms in total. The minimum Gasteiger partial charge on any atom is -0.502 e. The lowest BCUT2D eigenvalue weighted by Gasteiger charge is -2.41. The lowest BCUT2D eigenvalue weighted by atomic mass is 9.62. The van der Waals surface area contributed by atoms with Gasteiger partial charge in [-0.05, 0) is 31.1 Å². The lowest BCUT2D eigenvalue weighted by molar-refractivity contribution is -0.142. The average Bonchev–Trinajstić information content (AvgIpc) is 2.27. The summed E-state index contributed by atoms with van der Waals surface area (Å²) in [6.45, 7) is 8.02. The maximum absolute atomic E-state index is 12.3. The highest BCUT2D eigenvalue weighted by molar-refractivity contribution is 5.99. The van der Waals surface area contributed by atoms with Gasteiger partial charge in [0.25, 0.3) is 0 Å². The SMILES string of the molecule is CCOC(=O)C(O)=CC(=O)C1C(C)CCCC1(C)C. The van der Waals surface area contributed by atoms with Crippen LogP contribution in [0.1, 0.15) is 47.0 Å². The summed E-state index contributed by atoms with van der Waals surface area (Å²) in [7, 11) is 0. The van der Waals surface area contributed by atoms with Gasteiger partial charge < -0.3 is 9.84 Å². The van der Waals surface area contributed by atoms with E-state index in [4.69, 9.17) is 0 Å². The number of rotatable bonds is 4. The molecule has 0 aromatic heterocycles. The minimum absolute atomic E-state index is 0.0970. The van der Waals surface area contributed by atoms with Gasteiger partial charge in [-0.3, -0.25) is 4.79 Å². The maximum Gasteiger partial charge on any atom is 0.373 e. The monoisotopic (exact) mass is 268 g/mol. The Kier molecular flexibility index (Phi) is 5.15. The van der Waals surface area contributed by atoms with Crippen molar-refractivity contribution in [1.82, 2.24) is 0 Å². The third-order valence-corrected chi connectivity index (χ3v) is 3.96. The van der Waals surface area contributed by atoms with Crippen molar-refractivity contribution in [3.05, 3.63) is 11.8 Å². The van der Waals surface area contributed by atoms with E-state index < -0.39 is 11.7 Å². The Hall–Kier alpha value is -1.32. The summed E-state index contributed by atoms with van der Waals surface area (Å²) < 4.78 is 4.66. The highest BCUT2D eigenvalue weighted by Crippen LogP contribution is 2.44. The van der Waals surface area contributed by atoms with Gasteiger partial charge in [0.05, 0.1) is 6.61 Å². The van der Waals surface area contributed by atoms with Crippen LogP contribution in [-0.2, 0) is 14.3 Å². The van der Waals surface area contributed by atoms with Crippen molar-refractivity contribution in [2.45, 2.75) is 47.0 Å². The number of carbonyl (C=O) groups is 2. The predicted octanol–water partition coefficient (Wildman–Crippen LogP) is 3.02. The number of esters is 1. The highest BCUT2D eigenvalue weighted by Gasteiger charge is 2.40. The normalized spacial score (nSPS) is 26.8. The van der Waals surface area contributed by atoms with E-state index in [1.165, 1.54) is 0 Å². The third-order valence-electron chi connectivity index (χ3n) is 3.96. The van der Waals surface area contributed by atoms with Gasteiger partial charge in [0.1, 0.15) is 0 Å². The molecule has 0 spiro atoms. The number of carbonyl (C=O) groups excluding carboxylic acids is 2. The van der Waals surface area contributed by atoms with Crippen molar-refractivity contribution in [1.29, 1.82) is 0 Å². The molecule has 0 aliphatic heterocycles. The van der Waals surface area contributed by atoms with Crippen molar-refractivity contribution >= 4 is 11.8 Å². The Bertz CT molecular complexity index is 382. The summed E-state index contributed by atoms with van der Waals surface area (Å²) >= 11 is 0. The number of ketones is 1. The topological polar surface area (TPSA) is 63.6 Å². The number of ether oxygens (including phenoxy) is 1. The predicted molar refractivity (Wildman–Crippen MR) is 72.6 cm³/mol. The Morgan fingerprint density at radius 2 is 2.05 bits per heavy atom. The van der Waals surface area contributed by atoms with Gasteiger partial charge in [0, 0.05) is 12.0 Å². The minimum atomic E-state index is -0.836. The van der Waals surface area contributed by atoms with Crippen LogP contribution in [-0.4, -0.2) is 23.5 Å². The molecule has 19 heavy (non-hydrogen) atoms. The lowest BCUT2D eigenvalue weighted by Crippen LogP contribution is -2.38. The van der Waals surface area contributed by atoms with Crippen LogP contribution in [0.3, 0.4) is 0 Å². The van der Waals surface area contributed by atoms with Crippen LogP contribution >= 0.6 is 0 Å². The van der Waals surface area contributed by atoms with Crippen LogP contribution in [0, 0.1) is 17.3 Å². The third kappa shape index (κ3) is 3.82. The first kappa shape index (κ1) is 15.7. The summed E-state index contributed by atoms with van der Waals surface area (Å²) in [6, 6.07) is 0. The summed E-state index contributed by atoms with van der Waals surface area (Å²) in [5.74, 6) is -1.50. The zero-order chi connectivity index (χ0) is 14.6. The van der Waals surface area contributed by atoms with Crippen LogP contribution in [0.15, 0.2) is 11.8 Å². The second-order valence-corrected chi connectivity index (χ2v) is 5.99. The van der Waals surface area contributed by atoms with E-state index in [1.54, 1.807) is 6.92 Å². The molecule has 1 saturated carbocycles. The number of aliphatic hydroxyl groups excluding tert-OH is 1. The molecule has 2 atom stereocenters. The summed E-state index contributed by atoms with van der Waals surface area (Å²) in [4.78, 5) is 23.6. The summed E-state index contributed by atoms with van der Waals surface area (Å²) in [5.41, 5.74) is -0.0970. The fourth-order valence-corrected chi connectivity index (χ4v) is 3.13. The first-order valence-corrected chi connectivity index (χ1v) is 6.91. The molecule has 108 valence electrons. The molecule has 0 aromatic rings. The Balaban J connectivity index is 2.86. The van der Waals surface area contributed by atoms with Crippen LogP contribution < -0.4 is 0 Å². The molecule has 1 rings (SSSR count).